The van der Waals surface area contributed by atoms with Crippen LogP contribution in [-0.4, -0.2) is 48.1 Å². The predicted molar refractivity (Wildman–Crippen MR) is 134 cm³/mol. The smallest absolute Gasteiger partial charge is 0.434 e. The van der Waals surface area contributed by atoms with Crippen molar-refractivity contribution in [2.24, 2.45) is 11.8 Å². The summed E-state index contributed by atoms with van der Waals surface area (Å²) >= 11 is 0. The highest BCUT2D eigenvalue weighted by Crippen LogP contribution is 2.61. The molecule has 2 aliphatic rings. The zero-order valence-corrected chi connectivity index (χ0v) is 21.9. The molecule has 1 heterocycles. The van der Waals surface area contributed by atoms with E-state index in [-0.39, 0.29) is 59.8 Å². The van der Waals surface area contributed by atoms with Crippen LogP contribution in [0.5, 0.6) is 11.8 Å². The average molecular weight is 581 g/mol. The lowest BCUT2D eigenvalue weighted by Crippen LogP contribution is -2.14. The number of fused-ring (bicyclic) bond motifs is 3. The molecule has 0 unspecified atom stereocenters. The van der Waals surface area contributed by atoms with E-state index in [1.165, 1.54) is 12.1 Å². The second-order valence-electron chi connectivity index (χ2n) is 9.96. The van der Waals surface area contributed by atoms with E-state index in [1.54, 1.807) is 12.1 Å². The van der Waals surface area contributed by atoms with Gasteiger partial charge in [-0.3, -0.25) is 4.79 Å². The monoisotopic (exact) mass is 580 g/mol. The molecule has 5 rings (SSSR count). The maximum atomic E-state index is 14.6. The van der Waals surface area contributed by atoms with Crippen LogP contribution >= 0.6 is 0 Å². The Kier molecular flexibility index (Phi) is 7.19. The number of alkyl halides is 3. The summed E-state index contributed by atoms with van der Waals surface area (Å²) in [5.41, 5.74) is 0.314. The van der Waals surface area contributed by atoms with Gasteiger partial charge in [0.05, 0.1) is 18.3 Å². The zero-order chi connectivity index (χ0) is 28.8. The molecular weight excluding hydrogens is 556 g/mol. The van der Waals surface area contributed by atoms with Crippen molar-refractivity contribution in [3.63, 3.8) is 0 Å². The molecule has 1 N–H and O–H groups in total. The van der Waals surface area contributed by atoms with Crippen molar-refractivity contribution in [3.8, 4) is 22.9 Å². The lowest BCUT2D eigenvalue weighted by Gasteiger charge is -2.15. The van der Waals surface area contributed by atoms with Gasteiger partial charge in [0, 0.05) is 29.5 Å². The van der Waals surface area contributed by atoms with E-state index < -0.39 is 39.5 Å². The molecule has 0 radical (unpaired) electrons. The van der Waals surface area contributed by atoms with E-state index in [0.717, 1.165) is 29.6 Å². The average Bonchev–Trinajstić information content (AvgIpc) is 3.47. The molecule has 0 aliphatic heterocycles. The number of hydrogen-bond acceptors (Lipinski definition) is 7. The molecule has 2 aliphatic carbocycles. The Morgan fingerprint density at radius 2 is 1.93 bits per heavy atom. The SMILES string of the molecule is CS(=O)(=O)CCCOc1ncc(-c2ccc(F)c(COc3ccc4c(c3)C[C@H]3[C@H](C(=O)O)[C@@H]43)c2)c(C(F)(F)F)n1. The fourth-order valence-electron chi connectivity index (χ4n) is 5.18. The van der Waals surface area contributed by atoms with Crippen LogP contribution in [0.15, 0.2) is 42.6 Å². The highest BCUT2D eigenvalue weighted by molar-refractivity contribution is 7.90. The van der Waals surface area contributed by atoms with Crippen LogP contribution in [0.2, 0.25) is 0 Å². The fraction of sp³-hybridized carbons (Fsp3) is 0.370. The standard InChI is InChI=1S/C27H24F4N2O6S/c1-40(36,37)8-2-7-38-26-32-12-20(24(33-26)27(29,30)31)14-3-6-21(28)16(9-14)13-39-17-4-5-18-15(10-17)11-19-22(18)23(19)25(34)35/h3-6,9-10,12,19,22-23H,2,7-8,11,13H2,1H3,(H,34,35)/t19-,22+,23+/m1/s1. The maximum Gasteiger partial charge on any atom is 0.434 e. The zero-order valence-electron chi connectivity index (χ0n) is 21.1. The summed E-state index contributed by atoms with van der Waals surface area (Å²) in [6.07, 6.45) is -2.24. The molecule has 212 valence electrons. The molecule has 3 aromatic rings. The van der Waals surface area contributed by atoms with Crippen LogP contribution in [0.3, 0.4) is 0 Å². The molecule has 8 nitrogen and oxygen atoms in total. The van der Waals surface area contributed by atoms with Gasteiger partial charge >= 0.3 is 18.2 Å². The number of carboxylic acid groups (broad SMARTS) is 1. The molecule has 13 heteroatoms. The molecule has 0 saturated heterocycles. The highest BCUT2D eigenvalue weighted by Gasteiger charge is 2.59. The summed E-state index contributed by atoms with van der Waals surface area (Å²) in [7, 11) is -3.25. The highest BCUT2D eigenvalue weighted by atomic mass is 32.2. The Balaban J connectivity index is 1.31. The molecule has 0 bridgehead atoms. The molecule has 1 saturated carbocycles. The molecule has 2 aromatic carbocycles. The van der Waals surface area contributed by atoms with Crippen molar-refractivity contribution < 1.29 is 45.4 Å². The van der Waals surface area contributed by atoms with Gasteiger partial charge in [0.1, 0.15) is 28.0 Å². The minimum Gasteiger partial charge on any atom is -0.489 e. The first-order valence-corrected chi connectivity index (χ1v) is 14.4. The van der Waals surface area contributed by atoms with Crippen LogP contribution in [0, 0.1) is 17.7 Å². The number of ether oxygens (including phenoxy) is 2. The van der Waals surface area contributed by atoms with E-state index in [4.69, 9.17) is 9.47 Å². The van der Waals surface area contributed by atoms with Gasteiger partial charge in [0.25, 0.3) is 0 Å². The van der Waals surface area contributed by atoms with E-state index in [9.17, 15) is 35.9 Å². The summed E-state index contributed by atoms with van der Waals surface area (Å²) in [5, 5.41) is 9.27. The summed E-state index contributed by atoms with van der Waals surface area (Å²) in [6.45, 7) is -0.446. The van der Waals surface area contributed by atoms with Crippen LogP contribution < -0.4 is 9.47 Å². The minimum atomic E-state index is -4.88. The first-order valence-electron chi connectivity index (χ1n) is 12.3. The van der Waals surface area contributed by atoms with Gasteiger partial charge in [-0.05, 0) is 59.7 Å². The third-order valence-corrected chi connectivity index (χ3v) is 8.09. The van der Waals surface area contributed by atoms with E-state index in [2.05, 4.69) is 9.97 Å². The van der Waals surface area contributed by atoms with Gasteiger partial charge in [-0.15, -0.1) is 0 Å². The Morgan fingerprint density at radius 1 is 1.15 bits per heavy atom. The summed E-state index contributed by atoms with van der Waals surface area (Å²) in [5.74, 6) is -1.51. The van der Waals surface area contributed by atoms with Gasteiger partial charge in [-0.25, -0.2) is 17.8 Å². The van der Waals surface area contributed by atoms with Gasteiger partial charge in [0.15, 0.2) is 5.69 Å². The van der Waals surface area contributed by atoms with Gasteiger partial charge in [-0.1, -0.05) is 12.1 Å². The minimum absolute atomic E-state index is 0.00463. The molecule has 0 spiro atoms. The van der Waals surface area contributed by atoms with Crippen LogP contribution in [0.1, 0.15) is 34.7 Å². The third-order valence-electron chi connectivity index (χ3n) is 7.06. The van der Waals surface area contributed by atoms with Gasteiger partial charge in [-0.2, -0.15) is 18.2 Å². The first kappa shape index (κ1) is 27.8. The fourth-order valence-corrected chi connectivity index (χ4v) is 5.82. The van der Waals surface area contributed by atoms with E-state index >= 15 is 0 Å². The van der Waals surface area contributed by atoms with Gasteiger partial charge < -0.3 is 14.6 Å². The van der Waals surface area contributed by atoms with Crippen molar-refractivity contribution in [2.75, 3.05) is 18.6 Å². The van der Waals surface area contributed by atoms with Crippen LogP contribution in [0.25, 0.3) is 11.1 Å². The summed E-state index contributed by atoms with van der Waals surface area (Å²) in [6, 6.07) is 8.15. The second-order valence-corrected chi connectivity index (χ2v) is 12.2. The van der Waals surface area contributed by atoms with Crippen molar-refractivity contribution >= 4 is 15.8 Å². The van der Waals surface area contributed by atoms with Crippen molar-refractivity contribution in [1.82, 2.24) is 9.97 Å². The number of carboxylic acids is 1. The largest absolute Gasteiger partial charge is 0.489 e. The molecule has 1 fully saturated rings. The van der Waals surface area contributed by atoms with Gasteiger partial charge in [0.2, 0.25) is 0 Å². The van der Waals surface area contributed by atoms with Crippen molar-refractivity contribution in [3.05, 3.63) is 70.8 Å². The quantitative estimate of drug-likeness (QED) is 0.272. The molecule has 1 aromatic heterocycles. The van der Waals surface area contributed by atoms with Crippen molar-refractivity contribution in [2.45, 2.75) is 31.5 Å². The lowest BCUT2D eigenvalue weighted by molar-refractivity contribution is -0.141. The van der Waals surface area contributed by atoms with E-state index in [1.807, 2.05) is 6.07 Å². The predicted octanol–water partition coefficient (Wildman–Crippen LogP) is 4.66. The Bertz CT molecular complexity index is 1580. The normalized spacial score (nSPS) is 19.6. The summed E-state index contributed by atoms with van der Waals surface area (Å²) in [4.78, 5) is 18.6. The number of nitrogens with zero attached hydrogens (tertiary/aromatic N) is 2. The summed E-state index contributed by atoms with van der Waals surface area (Å²) < 4.78 is 89.4. The molecule has 3 atom stereocenters. The Labute approximate surface area is 226 Å². The lowest BCUT2D eigenvalue weighted by atomic mass is 10.0. The van der Waals surface area contributed by atoms with Crippen LogP contribution in [-0.2, 0) is 33.8 Å². The Morgan fingerprint density at radius 3 is 2.62 bits per heavy atom. The number of benzene rings is 2. The number of carbonyl (C=O) groups is 1. The maximum absolute atomic E-state index is 14.6. The number of aromatic nitrogens is 2. The second kappa shape index (κ2) is 10.3. The first-order chi connectivity index (χ1) is 18.8. The molecule has 0 amide bonds. The number of rotatable bonds is 10. The third kappa shape index (κ3) is 5.88. The number of aliphatic carboxylic acids is 1. The number of hydrogen-bond donors (Lipinski definition) is 1. The van der Waals surface area contributed by atoms with E-state index in [0.29, 0.717) is 12.2 Å². The number of sulfone groups is 1. The Hall–Kier alpha value is -3.74. The molecular formula is C27H24F4N2O6S. The van der Waals surface area contributed by atoms with Crippen LogP contribution in [0.4, 0.5) is 17.6 Å². The topological polar surface area (TPSA) is 116 Å². The van der Waals surface area contributed by atoms with Crippen molar-refractivity contribution in [1.29, 1.82) is 0 Å². The molecule has 40 heavy (non-hydrogen) atoms. The number of halogens is 4.